The average molecular weight is 370 g/mol. The van der Waals surface area contributed by atoms with Gasteiger partial charge in [0.2, 0.25) is 10.0 Å². The number of nitrogens with one attached hydrogen (secondary N) is 1. The van der Waals surface area contributed by atoms with Gasteiger partial charge in [0.25, 0.3) is 0 Å². The molecule has 2 aromatic rings. The molecule has 0 bridgehead atoms. The van der Waals surface area contributed by atoms with Crippen LogP contribution in [-0.4, -0.2) is 33.3 Å². The van der Waals surface area contributed by atoms with Gasteiger partial charge < -0.3 is 9.84 Å². The van der Waals surface area contributed by atoms with E-state index in [9.17, 15) is 8.42 Å². The lowest BCUT2D eigenvalue weighted by atomic mass is 10.1. The predicted octanol–water partition coefficient (Wildman–Crippen LogP) is 2.68. The Balaban J connectivity index is 2.11. The number of aliphatic hydroxyl groups excluding tert-OH is 1. The van der Waals surface area contributed by atoms with E-state index in [0.29, 0.717) is 5.02 Å². The fourth-order valence-corrected chi connectivity index (χ4v) is 3.29. The van der Waals surface area contributed by atoms with E-state index in [1.54, 1.807) is 0 Å². The molecule has 1 atom stereocenters. The Labute approximate surface area is 147 Å². The van der Waals surface area contributed by atoms with Gasteiger partial charge in [-0.25, -0.2) is 13.1 Å². The van der Waals surface area contributed by atoms with E-state index in [2.05, 4.69) is 4.72 Å². The Bertz CT molecular complexity index is 745. The molecule has 0 fully saturated rings. The van der Waals surface area contributed by atoms with E-state index in [1.807, 2.05) is 31.2 Å². The molecule has 0 saturated carbocycles. The van der Waals surface area contributed by atoms with Gasteiger partial charge in [0.15, 0.2) is 0 Å². The van der Waals surface area contributed by atoms with E-state index < -0.39 is 16.1 Å². The number of aryl methyl sites for hydroxylation is 1. The predicted molar refractivity (Wildman–Crippen MR) is 93.6 cm³/mol. The van der Waals surface area contributed by atoms with Crippen LogP contribution < -0.4 is 4.72 Å². The van der Waals surface area contributed by atoms with Crippen molar-refractivity contribution >= 4 is 21.6 Å². The highest BCUT2D eigenvalue weighted by Crippen LogP contribution is 2.19. The van der Waals surface area contributed by atoms with Crippen LogP contribution in [-0.2, 0) is 14.8 Å². The zero-order valence-electron chi connectivity index (χ0n) is 13.3. The van der Waals surface area contributed by atoms with Gasteiger partial charge in [0.05, 0.1) is 24.2 Å². The zero-order valence-corrected chi connectivity index (χ0v) is 14.8. The molecular weight excluding hydrogens is 350 g/mol. The molecule has 0 aliphatic rings. The number of rotatable bonds is 8. The minimum atomic E-state index is -3.66. The first kappa shape index (κ1) is 18.9. The molecule has 5 nitrogen and oxygen atoms in total. The summed E-state index contributed by atoms with van der Waals surface area (Å²) in [6.07, 6.45) is -0.486. The fourth-order valence-electron chi connectivity index (χ4n) is 2.13. The first-order valence-corrected chi connectivity index (χ1v) is 9.33. The van der Waals surface area contributed by atoms with E-state index in [0.717, 1.165) is 11.1 Å². The molecule has 7 heteroatoms. The smallest absolute Gasteiger partial charge is 0.240 e. The third kappa shape index (κ3) is 5.29. The summed E-state index contributed by atoms with van der Waals surface area (Å²) >= 11 is 5.78. The van der Waals surface area contributed by atoms with Gasteiger partial charge in [-0.3, -0.25) is 0 Å². The summed E-state index contributed by atoms with van der Waals surface area (Å²) in [6.45, 7) is 2.03. The normalized spacial score (nSPS) is 13.0. The second kappa shape index (κ2) is 8.60. The van der Waals surface area contributed by atoms with Crippen molar-refractivity contribution in [3.05, 3.63) is 64.7 Å². The van der Waals surface area contributed by atoms with Crippen LogP contribution in [0.1, 0.15) is 17.2 Å². The minimum absolute atomic E-state index is 0.0635. The molecule has 1 unspecified atom stereocenters. The second-order valence-corrected chi connectivity index (χ2v) is 7.50. The number of ether oxygens (including phenoxy) is 1. The number of aliphatic hydroxyl groups is 1. The van der Waals surface area contributed by atoms with Crippen LogP contribution in [0, 0.1) is 6.92 Å². The lowest BCUT2D eigenvalue weighted by Crippen LogP contribution is -2.30. The van der Waals surface area contributed by atoms with Crippen LogP contribution in [0.5, 0.6) is 0 Å². The van der Waals surface area contributed by atoms with Crippen molar-refractivity contribution in [2.24, 2.45) is 0 Å². The summed E-state index contributed by atoms with van der Waals surface area (Å²) in [5.41, 5.74) is 1.94. The quantitative estimate of drug-likeness (QED) is 0.750. The molecular formula is C17H20ClNO4S. The molecule has 0 spiro atoms. The highest BCUT2D eigenvalue weighted by Gasteiger charge is 2.18. The average Bonchev–Trinajstić information content (AvgIpc) is 2.56. The Morgan fingerprint density at radius 1 is 1.12 bits per heavy atom. The highest BCUT2D eigenvalue weighted by atomic mass is 35.5. The van der Waals surface area contributed by atoms with Crippen molar-refractivity contribution in [2.75, 3.05) is 19.8 Å². The molecule has 2 rings (SSSR count). The van der Waals surface area contributed by atoms with Crippen molar-refractivity contribution in [1.29, 1.82) is 0 Å². The van der Waals surface area contributed by atoms with E-state index in [-0.39, 0.29) is 24.7 Å². The summed E-state index contributed by atoms with van der Waals surface area (Å²) in [7, 11) is -3.66. The van der Waals surface area contributed by atoms with Crippen LogP contribution in [0.2, 0.25) is 5.02 Å². The van der Waals surface area contributed by atoms with Crippen molar-refractivity contribution in [2.45, 2.75) is 17.9 Å². The molecule has 0 amide bonds. The third-order valence-corrected chi connectivity index (χ3v) is 5.13. The van der Waals surface area contributed by atoms with Gasteiger partial charge in [0.1, 0.15) is 0 Å². The SMILES string of the molecule is Cc1ccc(C(CNS(=O)(=O)c2ccc(Cl)cc2)OCCO)cc1. The molecule has 0 heterocycles. The molecule has 0 radical (unpaired) electrons. The largest absolute Gasteiger partial charge is 0.394 e. The van der Waals surface area contributed by atoms with Gasteiger partial charge in [0, 0.05) is 11.6 Å². The summed E-state index contributed by atoms with van der Waals surface area (Å²) in [6, 6.07) is 13.6. The van der Waals surface area contributed by atoms with Crippen LogP contribution in [0.3, 0.4) is 0 Å². The van der Waals surface area contributed by atoms with Gasteiger partial charge in [-0.2, -0.15) is 0 Å². The number of benzene rings is 2. The van der Waals surface area contributed by atoms with Gasteiger partial charge in [-0.15, -0.1) is 0 Å². The van der Waals surface area contributed by atoms with Gasteiger partial charge in [-0.05, 0) is 36.8 Å². The van der Waals surface area contributed by atoms with Crippen LogP contribution in [0.25, 0.3) is 0 Å². The topological polar surface area (TPSA) is 75.6 Å². The number of hydrogen-bond acceptors (Lipinski definition) is 4. The number of sulfonamides is 1. The number of hydrogen-bond donors (Lipinski definition) is 2. The highest BCUT2D eigenvalue weighted by molar-refractivity contribution is 7.89. The first-order valence-electron chi connectivity index (χ1n) is 7.46. The fraction of sp³-hybridized carbons (Fsp3) is 0.294. The zero-order chi connectivity index (χ0) is 17.6. The van der Waals surface area contributed by atoms with E-state index in [1.165, 1.54) is 24.3 Å². The summed E-state index contributed by atoms with van der Waals surface area (Å²) < 4.78 is 32.8. The molecule has 24 heavy (non-hydrogen) atoms. The molecule has 0 saturated heterocycles. The maximum atomic E-state index is 12.3. The van der Waals surface area contributed by atoms with E-state index in [4.69, 9.17) is 21.4 Å². The maximum absolute atomic E-state index is 12.3. The minimum Gasteiger partial charge on any atom is -0.394 e. The third-order valence-electron chi connectivity index (χ3n) is 3.44. The summed E-state index contributed by atoms with van der Waals surface area (Å²) in [5, 5.41) is 9.43. The van der Waals surface area contributed by atoms with Crippen molar-refractivity contribution < 1.29 is 18.3 Å². The monoisotopic (exact) mass is 369 g/mol. The van der Waals surface area contributed by atoms with Crippen molar-refractivity contribution in [3.63, 3.8) is 0 Å². The van der Waals surface area contributed by atoms with Crippen LogP contribution in [0.15, 0.2) is 53.4 Å². The Hall–Kier alpha value is -1.44. The lowest BCUT2D eigenvalue weighted by molar-refractivity contribution is 0.0309. The Kier molecular flexibility index (Phi) is 6.77. The Morgan fingerprint density at radius 3 is 2.33 bits per heavy atom. The molecule has 0 aliphatic heterocycles. The first-order chi connectivity index (χ1) is 11.4. The molecule has 0 aromatic heterocycles. The maximum Gasteiger partial charge on any atom is 0.240 e. The van der Waals surface area contributed by atoms with Gasteiger partial charge in [-0.1, -0.05) is 41.4 Å². The molecule has 130 valence electrons. The Morgan fingerprint density at radius 2 is 1.75 bits per heavy atom. The standard InChI is InChI=1S/C17H20ClNO4S/c1-13-2-4-14(5-3-13)17(23-11-10-20)12-19-24(21,22)16-8-6-15(18)7-9-16/h2-9,17,19-20H,10-12H2,1H3. The second-order valence-electron chi connectivity index (χ2n) is 5.30. The van der Waals surface area contributed by atoms with Crippen molar-refractivity contribution in [1.82, 2.24) is 4.72 Å². The summed E-state index contributed by atoms with van der Waals surface area (Å²) in [5.74, 6) is 0. The van der Waals surface area contributed by atoms with Crippen LogP contribution in [0.4, 0.5) is 0 Å². The molecule has 2 N–H and O–H groups in total. The van der Waals surface area contributed by atoms with Crippen LogP contribution >= 0.6 is 11.6 Å². The van der Waals surface area contributed by atoms with Gasteiger partial charge >= 0.3 is 0 Å². The lowest BCUT2D eigenvalue weighted by Gasteiger charge is -2.19. The molecule has 0 aliphatic carbocycles. The molecule has 2 aromatic carbocycles. The van der Waals surface area contributed by atoms with E-state index >= 15 is 0 Å². The number of halogens is 1. The van der Waals surface area contributed by atoms with Crippen molar-refractivity contribution in [3.8, 4) is 0 Å². The summed E-state index contributed by atoms with van der Waals surface area (Å²) in [4.78, 5) is 0.136.